The van der Waals surface area contributed by atoms with E-state index in [1.165, 1.54) is 12.8 Å². The molecule has 106 valence electrons. The molecule has 1 amide bonds. The monoisotopic (exact) mass is 273 g/mol. The number of anilines is 2. The molecule has 0 saturated carbocycles. The van der Waals surface area contributed by atoms with Crippen LogP contribution in [0.2, 0.25) is 0 Å². The van der Waals surface area contributed by atoms with Crippen LogP contribution in [0.15, 0.2) is 42.6 Å². The number of carbonyl (C=O) groups is 1. The number of ether oxygens (including phenoxy) is 1. The maximum Gasteiger partial charge on any atom is 0.250 e. The van der Waals surface area contributed by atoms with Crippen molar-refractivity contribution in [3.8, 4) is 0 Å². The van der Waals surface area contributed by atoms with E-state index in [1.807, 2.05) is 43.6 Å². The number of nitrogens with zero attached hydrogens (tertiary/aromatic N) is 1. The molecule has 2 rings (SSSR count). The number of rotatable bonds is 6. The molecule has 5 nitrogen and oxygen atoms in total. The minimum Gasteiger partial charge on any atom is -0.379 e. The first-order chi connectivity index (χ1) is 9.69. The quantitative estimate of drug-likeness (QED) is 0.848. The van der Waals surface area contributed by atoms with Crippen LogP contribution in [0.25, 0.3) is 0 Å². The maximum absolute atomic E-state index is 11.5. The van der Waals surface area contributed by atoms with Gasteiger partial charge in [-0.05, 0) is 30.3 Å². The Labute approximate surface area is 118 Å². The van der Waals surface area contributed by atoms with E-state index in [1.54, 1.807) is 0 Å². The Bertz CT molecular complexity index is 578. The summed E-state index contributed by atoms with van der Waals surface area (Å²) < 4.78 is 6.85. The Kier molecular flexibility index (Phi) is 4.79. The summed E-state index contributed by atoms with van der Waals surface area (Å²) in [6.07, 6.45) is 2.01. The standard InChI is InChI=1S/C15H19N3O2/c1-18-8-4-7-14(18)10-16-12-5-3-6-13(9-12)17-15(19)11-20-2/h3-9,16H,10-11H2,1-2H3,(H,17,19). The molecule has 0 aliphatic rings. The second kappa shape index (κ2) is 6.77. The molecule has 1 aromatic heterocycles. The molecule has 2 N–H and O–H groups in total. The molecule has 0 atom stereocenters. The number of benzene rings is 1. The molecule has 5 heteroatoms. The summed E-state index contributed by atoms with van der Waals surface area (Å²) in [5, 5.41) is 6.11. The van der Waals surface area contributed by atoms with Crippen LogP contribution in [0.1, 0.15) is 5.69 Å². The van der Waals surface area contributed by atoms with Crippen molar-refractivity contribution in [2.45, 2.75) is 6.54 Å². The van der Waals surface area contributed by atoms with Gasteiger partial charge in [-0.25, -0.2) is 0 Å². The van der Waals surface area contributed by atoms with Gasteiger partial charge >= 0.3 is 0 Å². The number of hydrogen-bond donors (Lipinski definition) is 2. The first-order valence-corrected chi connectivity index (χ1v) is 6.42. The van der Waals surface area contributed by atoms with Crippen molar-refractivity contribution in [3.05, 3.63) is 48.3 Å². The summed E-state index contributed by atoms with van der Waals surface area (Å²) in [7, 11) is 3.51. The van der Waals surface area contributed by atoms with Gasteiger partial charge in [0.25, 0.3) is 0 Å². The van der Waals surface area contributed by atoms with Crippen LogP contribution in [0.4, 0.5) is 11.4 Å². The molecule has 0 aliphatic heterocycles. The molecule has 2 aromatic rings. The lowest BCUT2D eigenvalue weighted by molar-refractivity contribution is -0.119. The fourth-order valence-corrected chi connectivity index (χ4v) is 1.91. The Balaban J connectivity index is 1.95. The molecule has 0 unspecified atom stereocenters. The lowest BCUT2D eigenvalue weighted by Crippen LogP contribution is -2.17. The van der Waals surface area contributed by atoms with Crippen LogP contribution in [-0.2, 0) is 23.1 Å². The van der Waals surface area contributed by atoms with Gasteiger partial charge < -0.3 is 19.9 Å². The number of amides is 1. The molecule has 1 aromatic carbocycles. The first-order valence-electron chi connectivity index (χ1n) is 6.42. The van der Waals surface area contributed by atoms with E-state index in [0.717, 1.165) is 17.9 Å². The maximum atomic E-state index is 11.5. The third-order valence-electron chi connectivity index (χ3n) is 2.95. The number of carbonyl (C=O) groups excluding carboxylic acids is 1. The molecule has 20 heavy (non-hydrogen) atoms. The van der Waals surface area contributed by atoms with E-state index >= 15 is 0 Å². The van der Waals surface area contributed by atoms with Crippen LogP contribution in [-0.4, -0.2) is 24.2 Å². The zero-order valence-corrected chi connectivity index (χ0v) is 11.7. The zero-order chi connectivity index (χ0) is 14.4. The van der Waals surface area contributed by atoms with E-state index in [9.17, 15) is 4.79 Å². The Hall–Kier alpha value is -2.27. The highest BCUT2D eigenvalue weighted by atomic mass is 16.5. The van der Waals surface area contributed by atoms with Crippen molar-refractivity contribution >= 4 is 17.3 Å². The normalized spacial score (nSPS) is 10.3. The van der Waals surface area contributed by atoms with Gasteiger partial charge in [0.05, 0.1) is 6.54 Å². The van der Waals surface area contributed by atoms with Gasteiger partial charge in [0.15, 0.2) is 0 Å². The van der Waals surface area contributed by atoms with Gasteiger partial charge in [0, 0.05) is 37.4 Å². The third-order valence-corrected chi connectivity index (χ3v) is 2.95. The average Bonchev–Trinajstić information content (AvgIpc) is 2.82. The van der Waals surface area contributed by atoms with Crippen molar-refractivity contribution in [3.63, 3.8) is 0 Å². The van der Waals surface area contributed by atoms with Gasteiger partial charge in [-0.2, -0.15) is 0 Å². The van der Waals surface area contributed by atoms with E-state index in [-0.39, 0.29) is 12.5 Å². The van der Waals surface area contributed by atoms with Crippen molar-refractivity contribution in [1.29, 1.82) is 0 Å². The highest BCUT2D eigenvalue weighted by Gasteiger charge is 2.02. The topological polar surface area (TPSA) is 55.3 Å². The van der Waals surface area contributed by atoms with Crippen LogP contribution in [0, 0.1) is 0 Å². The minimum atomic E-state index is -0.160. The second-order valence-corrected chi connectivity index (χ2v) is 4.53. The molecule has 1 heterocycles. The summed E-state index contributed by atoms with van der Waals surface area (Å²) in [6, 6.07) is 11.7. The fraction of sp³-hybridized carbons (Fsp3) is 0.267. The molecule has 0 fully saturated rings. The second-order valence-electron chi connectivity index (χ2n) is 4.53. The summed E-state index contributed by atoms with van der Waals surface area (Å²) >= 11 is 0. The van der Waals surface area contributed by atoms with E-state index < -0.39 is 0 Å². The largest absolute Gasteiger partial charge is 0.379 e. The van der Waals surface area contributed by atoms with Crippen LogP contribution in [0.3, 0.4) is 0 Å². The summed E-state index contributed by atoms with van der Waals surface area (Å²) in [6.45, 7) is 0.792. The number of hydrogen-bond acceptors (Lipinski definition) is 3. The minimum absolute atomic E-state index is 0.0566. The van der Waals surface area contributed by atoms with Crippen molar-refractivity contribution in [1.82, 2.24) is 4.57 Å². The van der Waals surface area contributed by atoms with E-state index in [0.29, 0.717) is 0 Å². The molecule has 0 saturated heterocycles. The average molecular weight is 273 g/mol. The number of aryl methyl sites for hydroxylation is 1. The SMILES string of the molecule is COCC(=O)Nc1cccc(NCc2cccn2C)c1. The van der Waals surface area contributed by atoms with Gasteiger partial charge in [0.1, 0.15) is 6.61 Å². The fourth-order valence-electron chi connectivity index (χ4n) is 1.91. The third kappa shape index (κ3) is 3.86. The van der Waals surface area contributed by atoms with E-state index in [4.69, 9.17) is 4.74 Å². The number of methoxy groups -OCH3 is 1. The first kappa shape index (κ1) is 14.1. The molecule has 0 bridgehead atoms. The number of aromatic nitrogens is 1. The van der Waals surface area contributed by atoms with Crippen molar-refractivity contribution in [2.75, 3.05) is 24.4 Å². The van der Waals surface area contributed by atoms with Crippen molar-refractivity contribution in [2.24, 2.45) is 7.05 Å². The zero-order valence-electron chi connectivity index (χ0n) is 11.7. The van der Waals surface area contributed by atoms with E-state index in [2.05, 4.69) is 21.3 Å². The van der Waals surface area contributed by atoms with Gasteiger partial charge in [0.2, 0.25) is 5.91 Å². The molecule has 0 spiro atoms. The van der Waals surface area contributed by atoms with Gasteiger partial charge in [-0.3, -0.25) is 4.79 Å². The van der Waals surface area contributed by atoms with Crippen LogP contribution >= 0.6 is 0 Å². The molecule has 0 radical (unpaired) electrons. The predicted molar refractivity (Wildman–Crippen MR) is 79.7 cm³/mol. The summed E-state index contributed by atoms with van der Waals surface area (Å²) in [5.74, 6) is -0.160. The van der Waals surface area contributed by atoms with Crippen LogP contribution < -0.4 is 10.6 Å². The lowest BCUT2D eigenvalue weighted by Gasteiger charge is -2.10. The van der Waals surface area contributed by atoms with Gasteiger partial charge in [-0.1, -0.05) is 6.07 Å². The molecular formula is C15H19N3O2. The number of nitrogens with one attached hydrogen (secondary N) is 2. The van der Waals surface area contributed by atoms with Crippen LogP contribution in [0.5, 0.6) is 0 Å². The molecular weight excluding hydrogens is 254 g/mol. The summed E-state index contributed by atoms with van der Waals surface area (Å²) in [4.78, 5) is 11.5. The Morgan fingerprint density at radius 3 is 2.75 bits per heavy atom. The molecule has 0 aliphatic carbocycles. The predicted octanol–water partition coefficient (Wildman–Crippen LogP) is 2.22. The van der Waals surface area contributed by atoms with Gasteiger partial charge in [-0.15, -0.1) is 0 Å². The Morgan fingerprint density at radius 2 is 2.05 bits per heavy atom. The highest BCUT2D eigenvalue weighted by molar-refractivity contribution is 5.92. The smallest absolute Gasteiger partial charge is 0.250 e. The van der Waals surface area contributed by atoms with Crippen molar-refractivity contribution < 1.29 is 9.53 Å². The lowest BCUT2D eigenvalue weighted by atomic mass is 10.2. The Morgan fingerprint density at radius 1 is 1.25 bits per heavy atom. The highest BCUT2D eigenvalue weighted by Crippen LogP contribution is 2.16. The summed E-state index contributed by atoms with van der Waals surface area (Å²) in [5.41, 5.74) is 2.91.